The molecule has 0 aliphatic carbocycles. The lowest BCUT2D eigenvalue weighted by Crippen LogP contribution is -1.98. The molecule has 0 saturated heterocycles. The maximum absolute atomic E-state index is 10.8. The summed E-state index contributed by atoms with van der Waals surface area (Å²) in [6.07, 6.45) is 0. The van der Waals surface area contributed by atoms with Gasteiger partial charge >= 0.3 is 5.97 Å². The van der Waals surface area contributed by atoms with Crippen LogP contribution in [0.15, 0.2) is 12.1 Å². The number of rotatable bonds is 1. The number of hydrogen-bond acceptors (Lipinski definition) is 3. The van der Waals surface area contributed by atoms with Crippen LogP contribution in [0.3, 0.4) is 0 Å². The van der Waals surface area contributed by atoms with Gasteiger partial charge in [-0.1, -0.05) is 11.6 Å². The third-order valence-electron chi connectivity index (χ3n) is 1.27. The highest BCUT2D eigenvalue weighted by Gasteiger charge is 2.06. The Kier molecular flexibility index (Phi) is 2.10. The van der Waals surface area contributed by atoms with Crippen LogP contribution >= 0.6 is 11.6 Å². The lowest BCUT2D eigenvalue weighted by atomic mass is 10.2. The van der Waals surface area contributed by atoms with E-state index in [2.05, 4.69) is 0 Å². The number of benzene rings is 1. The highest BCUT2D eigenvalue weighted by atomic mass is 35.5. The second-order valence-electron chi connectivity index (χ2n) is 2.11. The van der Waals surface area contributed by atoms with E-state index in [1.807, 2.05) is 0 Å². The number of halogens is 1. The molecule has 0 amide bonds. The van der Waals surface area contributed by atoms with E-state index in [9.17, 15) is 9.90 Å². The van der Waals surface area contributed by atoms with Crippen molar-refractivity contribution in [2.24, 2.45) is 0 Å². The molecule has 1 aromatic rings. The van der Waals surface area contributed by atoms with Gasteiger partial charge in [-0.15, -0.1) is 0 Å². The van der Waals surface area contributed by atoms with Crippen LogP contribution in [-0.4, -0.2) is 16.2 Å². The highest BCUT2D eigenvalue weighted by molar-refractivity contribution is 6.32. The largest absolute Gasteiger partial charge is 0.869 e. The normalized spacial score (nSPS) is 9.75. The van der Waals surface area contributed by atoms with Crippen LogP contribution in [0.25, 0.3) is 0 Å². The summed E-state index contributed by atoms with van der Waals surface area (Å²) < 4.78 is 0. The molecule has 0 unspecified atom stereocenters. The van der Waals surface area contributed by atoms with E-state index in [0.29, 0.717) is 0 Å². The summed E-state index contributed by atoms with van der Waals surface area (Å²) in [5, 5.41) is 27.8. The van der Waals surface area contributed by atoms with Crippen molar-refractivity contribution >= 4 is 17.6 Å². The van der Waals surface area contributed by atoms with Crippen LogP contribution in [0.2, 0.25) is 5.02 Å². The second-order valence-corrected chi connectivity index (χ2v) is 2.52. The molecule has 0 aliphatic heterocycles. The number of hydrogen-bond donors (Lipinski definition) is 2. The zero-order valence-corrected chi connectivity index (χ0v) is 6.50. The molecule has 64 valence electrons. The number of carbonyl (C=O) groups is 1. The predicted octanol–water partition coefficient (Wildman–Crippen LogP) is 0.817. The predicted molar refractivity (Wildman–Crippen MR) is 39.5 cm³/mol. The van der Waals surface area contributed by atoms with Crippen LogP contribution < -0.4 is 5.11 Å². The van der Waals surface area contributed by atoms with Crippen molar-refractivity contribution in [2.45, 2.75) is 0 Å². The van der Waals surface area contributed by atoms with Crippen molar-refractivity contribution in [3.63, 3.8) is 0 Å². The molecule has 0 atom stereocenters. The summed E-state index contributed by atoms with van der Waals surface area (Å²) in [5.41, 5.74) is -0.211. The van der Waals surface area contributed by atoms with Gasteiger partial charge in [0.25, 0.3) is 0 Å². The minimum absolute atomic E-state index is 0.211. The maximum atomic E-state index is 10.8. The van der Waals surface area contributed by atoms with Crippen molar-refractivity contribution in [3.05, 3.63) is 22.7 Å². The number of aromatic hydroxyl groups is 1. The third kappa shape index (κ3) is 1.43. The van der Waals surface area contributed by atoms with Crippen LogP contribution in [0.1, 0.15) is 10.4 Å². The van der Waals surface area contributed by atoms with E-state index in [-0.39, 0.29) is 10.6 Å². The Morgan fingerprint density at radius 1 is 1.50 bits per heavy atom. The van der Waals surface area contributed by atoms with Gasteiger partial charge in [0, 0.05) is 5.02 Å². The lowest BCUT2D eigenvalue weighted by molar-refractivity contribution is -0.270. The second kappa shape index (κ2) is 2.91. The SMILES string of the molecule is O=C(O)c1cc(O)c([O-])c(Cl)c1. The summed E-state index contributed by atoms with van der Waals surface area (Å²) in [4.78, 5) is 10.3. The topological polar surface area (TPSA) is 80.6 Å². The summed E-state index contributed by atoms with van der Waals surface area (Å²) in [6, 6.07) is 1.85. The number of aromatic carboxylic acids is 1. The Morgan fingerprint density at radius 2 is 2.08 bits per heavy atom. The highest BCUT2D eigenvalue weighted by Crippen LogP contribution is 2.31. The number of carboxylic acid groups (broad SMARTS) is 1. The monoisotopic (exact) mass is 187 g/mol. The smallest absolute Gasteiger partial charge is 0.335 e. The van der Waals surface area contributed by atoms with Gasteiger partial charge in [-0.25, -0.2) is 4.79 Å². The Morgan fingerprint density at radius 3 is 2.50 bits per heavy atom. The van der Waals surface area contributed by atoms with E-state index in [1.165, 1.54) is 0 Å². The molecule has 0 fully saturated rings. The number of carboxylic acids is 1. The van der Waals surface area contributed by atoms with E-state index < -0.39 is 17.5 Å². The van der Waals surface area contributed by atoms with Crippen LogP contribution in [0.5, 0.6) is 11.5 Å². The molecule has 0 spiro atoms. The molecule has 0 heterocycles. The summed E-state index contributed by atoms with van der Waals surface area (Å²) in [7, 11) is 0. The standard InChI is InChI=1S/C7H5ClO4/c8-4-1-3(7(11)12)2-5(9)6(4)10/h1-2,9-10H,(H,11,12)/p-1. The van der Waals surface area contributed by atoms with Crippen LogP contribution in [0.4, 0.5) is 0 Å². The summed E-state index contributed by atoms with van der Waals surface area (Å²) >= 11 is 5.33. The zero-order chi connectivity index (χ0) is 9.30. The molecule has 0 saturated carbocycles. The van der Waals surface area contributed by atoms with Crippen molar-refractivity contribution in [1.82, 2.24) is 0 Å². The number of phenols is 1. The van der Waals surface area contributed by atoms with Gasteiger partial charge in [0.2, 0.25) is 0 Å². The van der Waals surface area contributed by atoms with Gasteiger partial charge in [0.15, 0.2) is 0 Å². The zero-order valence-electron chi connectivity index (χ0n) is 5.74. The molecule has 5 heteroatoms. The molecule has 0 aliphatic rings. The van der Waals surface area contributed by atoms with Gasteiger partial charge in [-0.2, -0.15) is 0 Å². The molecule has 0 aromatic heterocycles. The third-order valence-corrected chi connectivity index (χ3v) is 1.55. The van der Waals surface area contributed by atoms with Crippen molar-refractivity contribution in [3.8, 4) is 11.5 Å². The molecular weight excluding hydrogens is 184 g/mol. The Bertz CT molecular complexity index is 311. The van der Waals surface area contributed by atoms with Crippen LogP contribution in [-0.2, 0) is 0 Å². The fourth-order valence-electron chi connectivity index (χ4n) is 0.702. The fraction of sp³-hybridized carbons (Fsp3) is 0. The molecule has 0 radical (unpaired) electrons. The van der Waals surface area contributed by atoms with E-state index in [0.717, 1.165) is 12.1 Å². The van der Waals surface area contributed by atoms with E-state index >= 15 is 0 Å². The van der Waals surface area contributed by atoms with Crippen LogP contribution in [0, 0.1) is 0 Å². The summed E-state index contributed by atoms with van der Waals surface area (Å²) in [5.74, 6) is -2.66. The molecule has 12 heavy (non-hydrogen) atoms. The summed E-state index contributed by atoms with van der Waals surface area (Å²) in [6.45, 7) is 0. The van der Waals surface area contributed by atoms with Gasteiger partial charge in [0.05, 0.1) is 5.56 Å². The van der Waals surface area contributed by atoms with Gasteiger partial charge in [-0.05, 0) is 17.9 Å². The Hall–Kier alpha value is -1.42. The Balaban J connectivity index is 3.31. The lowest BCUT2D eigenvalue weighted by Gasteiger charge is -2.10. The minimum Gasteiger partial charge on any atom is -0.869 e. The van der Waals surface area contributed by atoms with Gasteiger partial charge in [0.1, 0.15) is 5.75 Å². The molecule has 0 bridgehead atoms. The van der Waals surface area contributed by atoms with Gasteiger partial charge in [-0.3, -0.25) is 0 Å². The van der Waals surface area contributed by atoms with Gasteiger partial charge < -0.3 is 15.3 Å². The average Bonchev–Trinajstić information content (AvgIpc) is 1.99. The van der Waals surface area contributed by atoms with Crippen molar-refractivity contribution in [1.29, 1.82) is 0 Å². The van der Waals surface area contributed by atoms with E-state index in [1.54, 1.807) is 0 Å². The molecule has 1 rings (SSSR count). The first kappa shape index (κ1) is 8.67. The molecule has 2 N–H and O–H groups in total. The van der Waals surface area contributed by atoms with E-state index in [4.69, 9.17) is 21.8 Å². The fourth-order valence-corrected chi connectivity index (χ4v) is 0.917. The first-order valence-electron chi connectivity index (χ1n) is 2.95. The molecular formula is C7H4ClO4-. The Labute approximate surface area is 72.6 Å². The number of phenolic OH excluding ortho intramolecular Hbond substituents is 1. The first-order valence-corrected chi connectivity index (χ1v) is 3.33. The quantitative estimate of drug-likeness (QED) is 0.682. The maximum Gasteiger partial charge on any atom is 0.335 e. The molecule has 1 aromatic carbocycles. The van der Waals surface area contributed by atoms with Crippen molar-refractivity contribution < 1.29 is 20.1 Å². The first-order chi connectivity index (χ1) is 5.52. The van der Waals surface area contributed by atoms with Crippen molar-refractivity contribution in [2.75, 3.05) is 0 Å². The molecule has 4 nitrogen and oxygen atoms in total. The average molecular weight is 188 g/mol. The minimum atomic E-state index is -1.24.